The molecule has 2 unspecified atom stereocenters. The Morgan fingerprint density at radius 3 is 2.90 bits per heavy atom. The van der Waals surface area contributed by atoms with Gasteiger partial charge in [-0.15, -0.1) is 11.3 Å². The number of nitrogens with one attached hydrogen (secondary N) is 1. The fourth-order valence-electron chi connectivity index (χ4n) is 3.20. The smallest absolute Gasteiger partial charge is 0.130 e. The molecule has 3 rings (SSSR count). The molecule has 0 bridgehead atoms. The first-order valence-corrected chi connectivity index (χ1v) is 7.77. The molecule has 0 amide bonds. The molecule has 20 heavy (non-hydrogen) atoms. The number of likely N-dealkylation sites (N-methyl/N-ethyl adjacent to an activating group) is 1. The van der Waals surface area contributed by atoms with Gasteiger partial charge in [0.15, 0.2) is 0 Å². The predicted molar refractivity (Wildman–Crippen MR) is 78.2 cm³/mol. The molecule has 2 aromatic rings. The Morgan fingerprint density at radius 2 is 2.15 bits per heavy atom. The van der Waals surface area contributed by atoms with Crippen LogP contribution in [0.5, 0.6) is 0 Å². The second kappa shape index (κ2) is 5.62. The van der Waals surface area contributed by atoms with Crippen LogP contribution in [0.3, 0.4) is 0 Å². The van der Waals surface area contributed by atoms with Crippen LogP contribution < -0.4 is 5.32 Å². The van der Waals surface area contributed by atoms with Crippen LogP contribution in [0.25, 0.3) is 0 Å². The molecule has 1 nitrogen and oxygen atoms in total. The molecule has 0 radical (unpaired) electrons. The van der Waals surface area contributed by atoms with E-state index in [1.807, 2.05) is 7.05 Å². The minimum absolute atomic E-state index is 0.107. The Kier molecular flexibility index (Phi) is 3.85. The van der Waals surface area contributed by atoms with Gasteiger partial charge in [-0.05, 0) is 49.4 Å². The molecule has 1 aliphatic carbocycles. The van der Waals surface area contributed by atoms with E-state index in [9.17, 15) is 8.78 Å². The minimum atomic E-state index is -0.527. The number of fused-ring (bicyclic) bond motifs is 1. The second-order valence-corrected chi connectivity index (χ2v) is 6.23. The fourth-order valence-corrected chi connectivity index (χ4v) is 4.19. The third kappa shape index (κ3) is 2.38. The lowest BCUT2D eigenvalue weighted by molar-refractivity contribution is 0.412. The van der Waals surface area contributed by atoms with Gasteiger partial charge in [-0.3, -0.25) is 0 Å². The zero-order chi connectivity index (χ0) is 14.1. The zero-order valence-electron chi connectivity index (χ0n) is 11.3. The van der Waals surface area contributed by atoms with Crippen LogP contribution in [-0.4, -0.2) is 7.05 Å². The molecular formula is C16H17F2NS. The van der Waals surface area contributed by atoms with Crippen molar-refractivity contribution in [2.45, 2.75) is 31.2 Å². The Balaban J connectivity index is 1.99. The second-order valence-electron chi connectivity index (χ2n) is 5.23. The Labute approximate surface area is 121 Å². The average molecular weight is 293 g/mol. The maximum Gasteiger partial charge on any atom is 0.130 e. The summed E-state index contributed by atoms with van der Waals surface area (Å²) in [6, 6.07) is 5.91. The van der Waals surface area contributed by atoms with Gasteiger partial charge in [-0.2, -0.15) is 0 Å². The highest BCUT2D eigenvalue weighted by Crippen LogP contribution is 2.42. The molecule has 1 aromatic heterocycles. The van der Waals surface area contributed by atoms with Gasteiger partial charge in [0.1, 0.15) is 11.6 Å². The molecule has 106 valence electrons. The summed E-state index contributed by atoms with van der Waals surface area (Å²) in [6.45, 7) is 0. The summed E-state index contributed by atoms with van der Waals surface area (Å²) in [5.74, 6) is -0.734. The van der Waals surface area contributed by atoms with Crippen molar-refractivity contribution in [3.8, 4) is 0 Å². The lowest BCUT2D eigenvalue weighted by atomic mass is 9.80. The zero-order valence-corrected chi connectivity index (χ0v) is 12.1. The number of aryl methyl sites for hydroxylation is 1. The van der Waals surface area contributed by atoms with Crippen LogP contribution >= 0.6 is 11.3 Å². The van der Waals surface area contributed by atoms with Crippen LogP contribution in [0, 0.1) is 11.6 Å². The first kappa shape index (κ1) is 13.7. The molecule has 0 aliphatic heterocycles. The topological polar surface area (TPSA) is 12.0 Å². The first-order valence-electron chi connectivity index (χ1n) is 6.89. The standard InChI is InChI=1S/C16H17F2NS/c1-19-16(13-6-5-10(17)9-14(13)18)12-3-2-4-15-11(12)7-8-20-15/h5-9,12,16,19H,2-4H2,1H3. The van der Waals surface area contributed by atoms with E-state index in [-0.39, 0.29) is 12.0 Å². The summed E-state index contributed by atoms with van der Waals surface area (Å²) in [4.78, 5) is 1.41. The van der Waals surface area contributed by atoms with Crippen molar-refractivity contribution in [1.82, 2.24) is 5.32 Å². The summed E-state index contributed by atoms with van der Waals surface area (Å²) in [7, 11) is 1.84. The number of hydrogen-bond donors (Lipinski definition) is 1. The lowest BCUT2D eigenvalue weighted by Crippen LogP contribution is -2.27. The molecule has 0 saturated carbocycles. The van der Waals surface area contributed by atoms with E-state index in [1.165, 1.54) is 16.5 Å². The quantitative estimate of drug-likeness (QED) is 0.884. The molecule has 1 heterocycles. The first-order chi connectivity index (χ1) is 9.70. The van der Waals surface area contributed by atoms with Gasteiger partial charge < -0.3 is 5.32 Å². The van der Waals surface area contributed by atoms with Crippen LogP contribution in [0.15, 0.2) is 29.6 Å². The lowest BCUT2D eigenvalue weighted by Gasteiger charge is -2.31. The van der Waals surface area contributed by atoms with Crippen LogP contribution in [0.2, 0.25) is 0 Å². The van der Waals surface area contributed by atoms with Gasteiger partial charge in [0.2, 0.25) is 0 Å². The summed E-state index contributed by atoms with van der Waals surface area (Å²) < 4.78 is 27.2. The third-order valence-electron chi connectivity index (χ3n) is 4.11. The molecule has 0 spiro atoms. The Hall–Kier alpha value is -1.26. The number of thiophene rings is 1. The van der Waals surface area contributed by atoms with Gasteiger partial charge >= 0.3 is 0 Å². The van der Waals surface area contributed by atoms with Gasteiger partial charge in [-0.1, -0.05) is 6.07 Å². The van der Waals surface area contributed by atoms with E-state index in [2.05, 4.69) is 16.8 Å². The largest absolute Gasteiger partial charge is 0.312 e. The van der Waals surface area contributed by atoms with E-state index in [1.54, 1.807) is 17.4 Å². The van der Waals surface area contributed by atoms with Crippen LogP contribution in [-0.2, 0) is 6.42 Å². The van der Waals surface area contributed by atoms with E-state index < -0.39 is 11.6 Å². The molecule has 1 N–H and O–H groups in total. The van der Waals surface area contributed by atoms with Crippen molar-refractivity contribution in [3.63, 3.8) is 0 Å². The van der Waals surface area contributed by atoms with Crippen LogP contribution in [0.1, 0.15) is 40.8 Å². The molecular weight excluding hydrogens is 276 g/mol. The van der Waals surface area contributed by atoms with Crippen molar-refractivity contribution in [1.29, 1.82) is 0 Å². The van der Waals surface area contributed by atoms with E-state index in [0.29, 0.717) is 5.56 Å². The maximum atomic E-state index is 14.1. The van der Waals surface area contributed by atoms with E-state index in [0.717, 1.165) is 25.3 Å². The van der Waals surface area contributed by atoms with Crippen molar-refractivity contribution in [2.24, 2.45) is 0 Å². The van der Waals surface area contributed by atoms with Crippen molar-refractivity contribution >= 4 is 11.3 Å². The maximum absolute atomic E-state index is 14.1. The van der Waals surface area contributed by atoms with Crippen LogP contribution in [0.4, 0.5) is 8.78 Å². The summed E-state index contributed by atoms with van der Waals surface area (Å²) in [6.07, 6.45) is 3.27. The van der Waals surface area contributed by atoms with Gasteiger partial charge in [0, 0.05) is 28.5 Å². The number of hydrogen-bond acceptors (Lipinski definition) is 2. The summed E-state index contributed by atoms with van der Waals surface area (Å²) in [5, 5.41) is 5.33. The van der Waals surface area contributed by atoms with E-state index >= 15 is 0 Å². The van der Waals surface area contributed by atoms with E-state index in [4.69, 9.17) is 0 Å². The Morgan fingerprint density at radius 1 is 1.30 bits per heavy atom. The van der Waals surface area contributed by atoms with Crippen molar-refractivity contribution < 1.29 is 8.78 Å². The summed E-state index contributed by atoms with van der Waals surface area (Å²) in [5.41, 5.74) is 1.88. The predicted octanol–water partition coefficient (Wildman–Crippen LogP) is 4.41. The van der Waals surface area contributed by atoms with Gasteiger partial charge in [0.25, 0.3) is 0 Å². The molecule has 1 aromatic carbocycles. The van der Waals surface area contributed by atoms with Crippen molar-refractivity contribution in [3.05, 3.63) is 57.3 Å². The van der Waals surface area contributed by atoms with Gasteiger partial charge in [-0.25, -0.2) is 8.78 Å². The normalized spacial score (nSPS) is 19.6. The minimum Gasteiger partial charge on any atom is -0.312 e. The fraction of sp³-hybridized carbons (Fsp3) is 0.375. The molecule has 0 saturated heterocycles. The number of rotatable bonds is 3. The summed E-state index contributed by atoms with van der Waals surface area (Å²) >= 11 is 1.78. The molecule has 0 fully saturated rings. The highest BCUT2D eigenvalue weighted by atomic mass is 32.1. The van der Waals surface area contributed by atoms with Crippen molar-refractivity contribution in [2.75, 3.05) is 7.05 Å². The third-order valence-corrected chi connectivity index (χ3v) is 5.11. The molecule has 2 atom stereocenters. The number of halogens is 2. The number of benzene rings is 1. The molecule has 4 heteroatoms. The average Bonchev–Trinajstić information content (AvgIpc) is 2.91. The SMILES string of the molecule is CNC(c1ccc(F)cc1F)C1CCCc2sccc21. The highest BCUT2D eigenvalue weighted by Gasteiger charge is 2.30. The Bertz CT molecular complexity index is 608. The highest BCUT2D eigenvalue weighted by molar-refractivity contribution is 7.10. The molecule has 1 aliphatic rings. The monoisotopic (exact) mass is 293 g/mol. The van der Waals surface area contributed by atoms with Gasteiger partial charge in [0.05, 0.1) is 0 Å².